The van der Waals surface area contributed by atoms with E-state index in [1.807, 2.05) is 43.6 Å². The first kappa shape index (κ1) is 16.0. The van der Waals surface area contributed by atoms with Gasteiger partial charge in [0.1, 0.15) is 0 Å². The Morgan fingerprint density at radius 3 is 2.75 bits per heavy atom. The molecule has 1 atom stereocenters. The second-order valence-corrected chi connectivity index (χ2v) is 5.91. The van der Waals surface area contributed by atoms with E-state index in [0.29, 0.717) is 5.06 Å². The van der Waals surface area contributed by atoms with Crippen LogP contribution in [-0.2, 0) is 7.05 Å². The van der Waals surface area contributed by atoms with Crippen LogP contribution >= 0.6 is 0 Å². The number of hydroxylamine groups is 2. The molecule has 0 saturated heterocycles. The lowest BCUT2D eigenvalue weighted by Crippen LogP contribution is -2.34. The first-order valence-corrected chi connectivity index (χ1v) is 7.68. The van der Waals surface area contributed by atoms with Crippen LogP contribution in [0.1, 0.15) is 24.1 Å². The number of hydrogen-bond acceptors (Lipinski definition) is 3. The minimum Gasteiger partial charge on any atom is -0.350 e. The molecule has 0 bridgehead atoms. The molecule has 3 N–H and O–H groups in total. The summed E-state index contributed by atoms with van der Waals surface area (Å²) in [6.45, 7) is 3.79. The maximum absolute atomic E-state index is 11.2. The second kappa shape index (κ2) is 5.98. The van der Waals surface area contributed by atoms with Gasteiger partial charge in [-0.25, -0.2) is 4.79 Å². The topological polar surface area (TPSA) is 84.4 Å². The molecule has 2 heterocycles. The highest BCUT2D eigenvalue weighted by Crippen LogP contribution is 2.34. The first-order chi connectivity index (χ1) is 11.4. The van der Waals surface area contributed by atoms with Crippen LogP contribution in [0.3, 0.4) is 0 Å². The normalized spacial score (nSPS) is 12.3. The lowest BCUT2D eigenvalue weighted by molar-refractivity contribution is -0.0709. The van der Waals surface area contributed by atoms with Crippen molar-refractivity contribution in [3.05, 3.63) is 53.9 Å². The average molecular weight is 324 g/mol. The number of aryl methyl sites for hydroxylation is 2. The van der Waals surface area contributed by atoms with Crippen molar-refractivity contribution in [2.24, 2.45) is 12.8 Å². The largest absolute Gasteiger partial charge is 0.350 e. The molecule has 6 heteroatoms. The second-order valence-electron chi connectivity index (χ2n) is 5.91. The Morgan fingerprint density at radius 2 is 2.12 bits per heavy atom. The van der Waals surface area contributed by atoms with Crippen LogP contribution in [0.5, 0.6) is 0 Å². The summed E-state index contributed by atoms with van der Waals surface area (Å²) < 4.78 is 2.13. The molecule has 0 aliphatic carbocycles. The molecule has 2 amide bonds. The number of rotatable bonds is 3. The van der Waals surface area contributed by atoms with E-state index in [2.05, 4.69) is 16.5 Å². The van der Waals surface area contributed by atoms with Crippen molar-refractivity contribution >= 4 is 16.9 Å². The van der Waals surface area contributed by atoms with Crippen molar-refractivity contribution < 1.29 is 10.0 Å². The Hall–Kier alpha value is -2.86. The van der Waals surface area contributed by atoms with Gasteiger partial charge >= 0.3 is 6.03 Å². The fourth-order valence-electron chi connectivity index (χ4n) is 3.15. The average Bonchev–Trinajstić information content (AvgIpc) is 2.84. The molecule has 2 aromatic heterocycles. The number of aromatic nitrogens is 2. The Kier molecular flexibility index (Phi) is 3.99. The third-order valence-electron chi connectivity index (χ3n) is 4.49. The summed E-state index contributed by atoms with van der Waals surface area (Å²) in [5, 5.41) is 11.4. The molecule has 0 fully saturated rings. The molecular formula is C18H20N4O2. The Morgan fingerprint density at radius 1 is 1.38 bits per heavy atom. The number of hydrogen-bond donors (Lipinski definition) is 2. The molecule has 24 heavy (non-hydrogen) atoms. The number of fused-ring (bicyclic) bond motifs is 1. The number of primary amides is 1. The minimum absolute atomic E-state index is 0.520. The van der Waals surface area contributed by atoms with E-state index >= 15 is 0 Å². The Bertz CT molecular complexity index is 902. The molecule has 6 nitrogen and oxygen atoms in total. The lowest BCUT2D eigenvalue weighted by atomic mass is 10.0. The van der Waals surface area contributed by atoms with Crippen molar-refractivity contribution in [3.63, 3.8) is 0 Å². The van der Waals surface area contributed by atoms with Crippen molar-refractivity contribution in [1.29, 1.82) is 0 Å². The number of pyridine rings is 1. The molecule has 1 aromatic carbocycles. The standard InChI is InChI=1S/C18H20N4O2/c1-11-15-9-13(12(2)22(24)18(19)23)6-7-16(15)21(3)17(11)14-5-4-8-20-10-14/h4-10,12,24H,1-3H3,(H2,19,23). The highest BCUT2D eigenvalue weighted by atomic mass is 16.5. The van der Waals surface area contributed by atoms with Gasteiger partial charge in [0.05, 0.1) is 11.7 Å². The zero-order valence-corrected chi connectivity index (χ0v) is 13.9. The van der Waals surface area contributed by atoms with Gasteiger partial charge in [0, 0.05) is 35.9 Å². The molecule has 3 rings (SSSR count). The lowest BCUT2D eigenvalue weighted by Gasteiger charge is -2.20. The van der Waals surface area contributed by atoms with E-state index in [1.165, 1.54) is 0 Å². The highest BCUT2D eigenvalue weighted by molar-refractivity contribution is 5.92. The van der Waals surface area contributed by atoms with Crippen LogP contribution in [0.25, 0.3) is 22.2 Å². The van der Waals surface area contributed by atoms with Gasteiger partial charge in [-0.05, 0) is 49.2 Å². The molecule has 1 unspecified atom stereocenters. The molecule has 0 aliphatic rings. The monoisotopic (exact) mass is 324 g/mol. The van der Waals surface area contributed by atoms with Gasteiger partial charge in [0.15, 0.2) is 0 Å². The molecular weight excluding hydrogens is 304 g/mol. The number of carbonyl (C=O) groups is 1. The maximum Gasteiger partial charge on any atom is 0.339 e. The molecule has 0 aliphatic heterocycles. The predicted octanol–water partition coefficient (Wildman–Crippen LogP) is 3.38. The zero-order valence-electron chi connectivity index (χ0n) is 13.9. The summed E-state index contributed by atoms with van der Waals surface area (Å²) in [5.74, 6) is 0. The van der Waals surface area contributed by atoms with Crippen LogP contribution in [0.2, 0.25) is 0 Å². The third kappa shape index (κ3) is 2.51. The van der Waals surface area contributed by atoms with Gasteiger partial charge in [-0.2, -0.15) is 5.06 Å². The summed E-state index contributed by atoms with van der Waals surface area (Å²) in [5.41, 5.74) is 10.3. The Balaban J connectivity index is 2.15. The zero-order chi connectivity index (χ0) is 17.4. The molecule has 3 aromatic rings. The molecule has 0 radical (unpaired) electrons. The number of carbonyl (C=O) groups excluding carboxylic acids is 1. The quantitative estimate of drug-likeness (QED) is 0.572. The van der Waals surface area contributed by atoms with Gasteiger partial charge in [-0.15, -0.1) is 0 Å². The number of nitrogens with two attached hydrogens (primary N) is 1. The maximum atomic E-state index is 11.2. The summed E-state index contributed by atoms with van der Waals surface area (Å²) in [6, 6.07) is 8.42. The van der Waals surface area contributed by atoms with Gasteiger partial charge in [-0.3, -0.25) is 10.2 Å². The van der Waals surface area contributed by atoms with E-state index in [-0.39, 0.29) is 0 Å². The van der Waals surface area contributed by atoms with Gasteiger partial charge < -0.3 is 10.3 Å². The fourth-order valence-corrected chi connectivity index (χ4v) is 3.15. The van der Waals surface area contributed by atoms with Gasteiger partial charge in [0.2, 0.25) is 0 Å². The van der Waals surface area contributed by atoms with E-state index < -0.39 is 12.1 Å². The smallest absolute Gasteiger partial charge is 0.339 e. The van der Waals surface area contributed by atoms with Crippen LogP contribution in [0, 0.1) is 6.92 Å². The minimum atomic E-state index is -0.872. The third-order valence-corrected chi connectivity index (χ3v) is 4.49. The summed E-state index contributed by atoms with van der Waals surface area (Å²) >= 11 is 0. The van der Waals surface area contributed by atoms with E-state index in [4.69, 9.17) is 5.73 Å². The van der Waals surface area contributed by atoms with Crippen molar-refractivity contribution in [2.45, 2.75) is 19.9 Å². The van der Waals surface area contributed by atoms with Gasteiger partial charge in [0.25, 0.3) is 0 Å². The fraction of sp³-hybridized carbons (Fsp3) is 0.222. The highest BCUT2D eigenvalue weighted by Gasteiger charge is 2.20. The van der Waals surface area contributed by atoms with E-state index in [1.54, 1.807) is 13.1 Å². The SMILES string of the molecule is Cc1c(-c2cccnc2)n(C)c2ccc(C(C)N(O)C(N)=O)cc12. The first-order valence-electron chi connectivity index (χ1n) is 7.68. The number of amides is 2. The number of nitrogens with zero attached hydrogens (tertiary/aromatic N) is 3. The summed E-state index contributed by atoms with van der Waals surface area (Å²) in [7, 11) is 2.02. The number of benzene rings is 1. The molecule has 0 spiro atoms. The van der Waals surface area contributed by atoms with Gasteiger partial charge in [-0.1, -0.05) is 6.07 Å². The Labute approximate surface area is 140 Å². The molecule has 0 saturated carbocycles. The predicted molar refractivity (Wildman–Crippen MR) is 92.5 cm³/mol. The molecule has 124 valence electrons. The van der Waals surface area contributed by atoms with Crippen molar-refractivity contribution in [1.82, 2.24) is 14.6 Å². The summed E-state index contributed by atoms with van der Waals surface area (Å²) in [4.78, 5) is 15.4. The van der Waals surface area contributed by atoms with Crippen LogP contribution in [0.15, 0.2) is 42.7 Å². The van der Waals surface area contributed by atoms with Crippen LogP contribution in [-0.4, -0.2) is 25.9 Å². The van der Waals surface area contributed by atoms with Crippen molar-refractivity contribution in [2.75, 3.05) is 0 Å². The summed E-state index contributed by atoms with van der Waals surface area (Å²) in [6.07, 6.45) is 3.59. The van der Waals surface area contributed by atoms with E-state index in [0.717, 1.165) is 33.3 Å². The number of urea groups is 1. The van der Waals surface area contributed by atoms with Crippen LogP contribution < -0.4 is 5.73 Å². The van der Waals surface area contributed by atoms with Crippen molar-refractivity contribution in [3.8, 4) is 11.3 Å². The van der Waals surface area contributed by atoms with E-state index in [9.17, 15) is 10.0 Å². The van der Waals surface area contributed by atoms with Crippen LogP contribution in [0.4, 0.5) is 4.79 Å².